The van der Waals surface area contributed by atoms with Gasteiger partial charge < -0.3 is 10.3 Å². The van der Waals surface area contributed by atoms with Gasteiger partial charge in [0.05, 0.1) is 12.9 Å². The second kappa shape index (κ2) is 5.01. The molecule has 2 rings (SSSR count). The quantitative estimate of drug-likeness (QED) is 0.856. The molecular weight excluding hydrogens is 242 g/mol. The van der Waals surface area contributed by atoms with Gasteiger partial charge in [-0.25, -0.2) is 4.98 Å². The standard InChI is InChI=1S/C10H12ClN5O/c1-7(5-16-4-2-3-14-16)15-9-8(11)10(17)13-6-12-9/h2-4,6-7H,5H2,1H3,(H2,12,13,15,17). The Morgan fingerprint density at radius 2 is 2.47 bits per heavy atom. The molecule has 0 spiro atoms. The fraction of sp³-hybridized carbons (Fsp3) is 0.300. The van der Waals surface area contributed by atoms with Gasteiger partial charge in [-0.1, -0.05) is 11.6 Å². The van der Waals surface area contributed by atoms with Gasteiger partial charge in [-0.3, -0.25) is 9.48 Å². The maximum absolute atomic E-state index is 11.3. The van der Waals surface area contributed by atoms with Crippen LogP contribution in [0.25, 0.3) is 0 Å². The van der Waals surface area contributed by atoms with Crippen molar-refractivity contribution in [2.45, 2.75) is 19.5 Å². The van der Waals surface area contributed by atoms with Crippen molar-refractivity contribution in [1.29, 1.82) is 0 Å². The summed E-state index contributed by atoms with van der Waals surface area (Å²) in [6.07, 6.45) is 4.90. The molecule has 2 N–H and O–H groups in total. The van der Waals surface area contributed by atoms with Crippen LogP contribution in [0.15, 0.2) is 29.6 Å². The number of rotatable bonds is 4. The molecule has 0 aliphatic heterocycles. The molecule has 1 atom stereocenters. The molecule has 0 amide bonds. The van der Waals surface area contributed by atoms with E-state index in [1.807, 2.05) is 19.2 Å². The van der Waals surface area contributed by atoms with Crippen molar-refractivity contribution in [3.05, 3.63) is 40.2 Å². The molecule has 0 saturated carbocycles. The first-order valence-corrected chi connectivity index (χ1v) is 5.52. The highest BCUT2D eigenvalue weighted by atomic mass is 35.5. The molecule has 7 heteroatoms. The van der Waals surface area contributed by atoms with Gasteiger partial charge in [0.1, 0.15) is 5.02 Å². The lowest BCUT2D eigenvalue weighted by molar-refractivity contribution is 0.559. The summed E-state index contributed by atoms with van der Waals surface area (Å²) in [5.41, 5.74) is -0.351. The van der Waals surface area contributed by atoms with E-state index in [0.717, 1.165) is 0 Å². The number of H-pyrrole nitrogens is 1. The summed E-state index contributed by atoms with van der Waals surface area (Å²) in [7, 11) is 0. The summed E-state index contributed by atoms with van der Waals surface area (Å²) in [6.45, 7) is 2.62. The monoisotopic (exact) mass is 253 g/mol. The minimum atomic E-state index is -0.351. The van der Waals surface area contributed by atoms with Crippen LogP contribution in [-0.4, -0.2) is 25.8 Å². The smallest absolute Gasteiger partial charge is 0.271 e. The fourth-order valence-corrected chi connectivity index (χ4v) is 1.61. The average Bonchev–Trinajstić information content (AvgIpc) is 2.77. The van der Waals surface area contributed by atoms with Crippen molar-refractivity contribution in [3.8, 4) is 0 Å². The summed E-state index contributed by atoms with van der Waals surface area (Å²) in [5.74, 6) is 0.384. The summed E-state index contributed by atoms with van der Waals surface area (Å²) >= 11 is 5.83. The van der Waals surface area contributed by atoms with Gasteiger partial charge in [-0.2, -0.15) is 5.10 Å². The minimum Gasteiger partial charge on any atom is -0.364 e. The summed E-state index contributed by atoms with van der Waals surface area (Å²) < 4.78 is 1.79. The third-order valence-corrected chi connectivity index (χ3v) is 2.55. The maximum atomic E-state index is 11.3. The number of halogens is 1. The molecule has 0 aromatic carbocycles. The predicted octanol–water partition coefficient (Wildman–Crippen LogP) is 1.12. The lowest BCUT2D eigenvalue weighted by Crippen LogP contribution is -2.24. The number of anilines is 1. The number of aromatic amines is 1. The zero-order chi connectivity index (χ0) is 12.3. The van der Waals surface area contributed by atoms with E-state index in [-0.39, 0.29) is 16.6 Å². The van der Waals surface area contributed by atoms with E-state index in [4.69, 9.17) is 11.6 Å². The largest absolute Gasteiger partial charge is 0.364 e. The Balaban J connectivity index is 2.05. The van der Waals surface area contributed by atoms with Crippen LogP contribution in [0, 0.1) is 0 Å². The highest BCUT2D eigenvalue weighted by molar-refractivity contribution is 6.32. The Labute approximate surface area is 103 Å². The Kier molecular flexibility index (Phi) is 3.43. The fourth-order valence-electron chi connectivity index (χ4n) is 1.45. The Morgan fingerprint density at radius 1 is 1.65 bits per heavy atom. The van der Waals surface area contributed by atoms with Gasteiger partial charge in [0.2, 0.25) is 0 Å². The third-order valence-electron chi connectivity index (χ3n) is 2.20. The van der Waals surface area contributed by atoms with Crippen molar-refractivity contribution < 1.29 is 0 Å². The zero-order valence-corrected chi connectivity index (χ0v) is 9.98. The van der Waals surface area contributed by atoms with E-state index in [2.05, 4.69) is 20.4 Å². The highest BCUT2D eigenvalue weighted by Crippen LogP contribution is 2.13. The van der Waals surface area contributed by atoms with E-state index >= 15 is 0 Å². The van der Waals surface area contributed by atoms with Crippen LogP contribution in [-0.2, 0) is 6.54 Å². The van der Waals surface area contributed by atoms with Crippen molar-refractivity contribution in [2.75, 3.05) is 5.32 Å². The normalized spacial score (nSPS) is 12.4. The summed E-state index contributed by atoms with van der Waals surface area (Å²) in [4.78, 5) is 17.6. The van der Waals surface area contributed by atoms with Crippen LogP contribution < -0.4 is 10.9 Å². The van der Waals surface area contributed by atoms with E-state index in [0.29, 0.717) is 12.4 Å². The van der Waals surface area contributed by atoms with Crippen molar-refractivity contribution >= 4 is 17.4 Å². The second-order valence-electron chi connectivity index (χ2n) is 3.67. The van der Waals surface area contributed by atoms with Gasteiger partial charge in [-0.15, -0.1) is 0 Å². The lowest BCUT2D eigenvalue weighted by Gasteiger charge is -2.14. The molecule has 2 aromatic rings. The van der Waals surface area contributed by atoms with Crippen molar-refractivity contribution in [1.82, 2.24) is 19.7 Å². The molecule has 2 aromatic heterocycles. The highest BCUT2D eigenvalue weighted by Gasteiger charge is 2.09. The number of nitrogens with zero attached hydrogens (tertiary/aromatic N) is 3. The molecule has 0 radical (unpaired) electrons. The van der Waals surface area contributed by atoms with Crippen LogP contribution in [0.2, 0.25) is 5.02 Å². The molecule has 6 nitrogen and oxygen atoms in total. The molecule has 2 heterocycles. The number of aromatic nitrogens is 4. The first-order chi connectivity index (χ1) is 8.16. The van der Waals surface area contributed by atoms with E-state index in [1.165, 1.54) is 6.33 Å². The van der Waals surface area contributed by atoms with Crippen LogP contribution in [0.3, 0.4) is 0 Å². The molecule has 0 aliphatic carbocycles. The molecule has 0 fully saturated rings. The molecule has 1 unspecified atom stereocenters. The number of hydrogen-bond donors (Lipinski definition) is 2. The first kappa shape index (κ1) is 11.7. The van der Waals surface area contributed by atoms with Crippen LogP contribution in [0.5, 0.6) is 0 Å². The molecule has 0 bridgehead atoms. The molecule has 0 saturated heterocycles. The SMILES string of the molecule is CC(Cn1cccn1)Nc1nc[nH]c(=O)c1Cl. The number of hydrogen-bond acceptors (Lipinski definition) is 4. The van der Waals surface area contributed by atoms with E-state index < -0.39 is 0 Å². The second-order valence-corrected chi connectivity index (χ2v) is 4.05. The van der Waals surface area contributed by atoms with Gasteiger partial charge in [-0.05, 0) is 13.0 Å². The van der Waals surface area contributed by atoms with Gasteiger partial charge in [0.15, 0.2) is 5.82 Å². The van der Waals surface area contributed by atoms with Crippen molar-refractivity contribution in [2.24, 2.45) is 0 Å². The van der Waals surface area contributed by atoms with Crippen LogP contribution in [0.4, 0.5) is 5.82 Å². The van der Waals surface area contributed by atoms with Gasteiger partial charge in [0, 0.05) is 18.4 Å². The van der Waals surface area contributed by atoms with Crippen LogP contribution >= 0.6 is 11.6 Å². The predicted molar refractivity (Wildman–Crippen MR) is 65.2 cm³/mol. The molecule has 90 valence electrons. The van der Waals surface area contributed by atoms with E-state index in [9.17, 15) is 4.79 Å². The van der Waals surface area contributed by atoms with E-state index in [1.54, 1.807) is 10.9 Å². The minimum absolute atomic E-state index is 0.0571. The van der Waals surface area contributed by atoms with Crippen molar-refractivity contribution in [3.63, 3.8) is 0 Å². The third kappa shape index (κ3) is 2.85. The van der Waals surface area contributed by atoms with Gasteiger partial charge >= 0.3 is 0 Å². The molecule has 17 heavy (non-hydrogen) atoms. The maximum Gasteiger partial charge on any atom is 0.271 e. The Bertz CT molecular complexity index is 536. The van der Waals surface area contributed by atoms with Crippen LogP contribution in [0.1, 0.15) is 6.92 Å². The van der Waals surface area contributed by atoms with Gasteiger partial charge in [0.25, 0.3) is 5.56 Å². The molecule has 0 aliphatic rings. The first-order valence-electron chi connectivity index (χ1n) is 5.14. The topological polar surface area (TPSA) is 75.6 Å². The average molecular weight is 254 g/mol. The Hall–Kier alpha value is -1.82. The molecular formula is C10H12ClN5O. The zero-order valence-electron chi connectivity index (χ0n) is 9.22. The summed E-state index contributed by atoms with van der Waals surface area (Å²) in [6, 6.07) is 1.91. The number of nitrogens with one attached hydrogen (secondary N) is 2. The summed E-state index contributed by atoms with van der Waals surface area (Å²) in [5, 5.41) is 7.23. The Morgan fingerprint density at radius 3 is 3.18 bits per heavy atom. The lowest BCUT2D eigenvalue weighted by atomic mass is 10.3.